The van der Waals surface area contributed by atoms with Gasteiger partial charge in [0.25, 0.3) is 10.1 Å². The first-order valence-corrected chi connectivity index (χ1v) is 23.8. The van der Waals surface area contributed by atoms with E-state index in [1.165, 1.54) is 186 Å². The van der Waals surface area contributed by atoms with Crippen molar-refractivity contribution in [2.75, 3.05) is 5.75 Å². The van der Waals surface area contributed by atoms with Crippen LogP contribution >= 0.6 is 0 Å². The molecule has 0 aromatic carbocycles. The maximum absolute atomic E-state index is 12.6. The van der Waals surface area contributed by atoms with Crippen LogP contribution in [0.1, 0.15) is 251 Å². The van der Waals surface area contributed by atoms with Crippen molar-refractivity contribution >= 4 is 16.0 Å². The quantitative estimate of drug-likeness (QED) is 0.0429. The summed E-state index contributed by atoms with van der Waals surface area (Å²) in [6, 6.07) is -0.964. The molecule has 3 N–H and O–H groups in total. The lowest BCUT2D eigenvalue weighted by Gasteiger charge is -2.23. The van der Waals surface area contributed by atoms with Gasteiger partial charge in [0, 0.05) is 6.42 Å². The maximum Gasteiger partial charge on any atom is 0.266 e. The van der Waals surface area contributed by atoms with Crippen LogP contribution in [0.3, 0.4) is 0 Å². The van der Waals surface area contributed by atoms with Crippen LogP contribution < -0.4 is 5.32 Å². The highest BCUT2D eigenvalue weighted by Crippen LogP contribution is 2.17. The Bertz CT molecular complexity index is 805. The van der Waals surface area contributed by atoms with Crippen molar-refractivity contribution < 1.29 is 22.9 Å². The third kappa shape index (κ3) is 38.6. The molecule has 0 aliphatic heterocycles. The van der Waals surface area contributed by atoms with Crippen LogP contribution in [0.25, 0.3) is 0 Å². The summed E-state index contributed by atoms with van der Waals surface area (Å²) in [5, 5.41) is 13.4. The highest BCUT2D eigenvalue weighted by atomic mass is 32.2. The van der Waals surface area contributed by atoms with Crippen LogP contribution in [0.2, 0.25) is 0 Å². The minimum atomic E-state index is -4.30. The molecule has 0 heterocycles. The zero-order valence-corrected chi connectivity index (χ0v) is 34.4. The molecule has 0 fully saturated rings. The molecule has 0 aromatic rings. The zero-order valence-electron chi connectivity index (χ0n) is 33.6. The molecule has 0 aromatic heterocycles. The number of hydrogen-bond acceptors (Lipinski definition) is 4. The maximum atomic E-state index is 12.6. The lowest BCUT2D eigenvalue weighted by molar-refractivity contribution is -0.122. The van der Waals surface area contributed by atoms with Gasteiger partial charge in [0.2, 0.25) is 5.91 Å². The normalized spacial score (nSPS) is 13.1. The molecule has 1 amide bonds. The van der Waals surface area contributed by atoms with E-state index in [1.807, 2.05) is 0 Å². The third-order valence-electron chi connectivity index (χ3n) is 10.6. The number of unbranched alkanes of at least 4 members (excludes halogenated alkanes) is 33. The van der Waals surface area contributed by atoms with Crippen molar-refractivity contribution in [3.8, 4) is 0 Å². The van der Waals surface area contributed by atoms with Crippen LogP contribution in [0, 0.1) is 0 Å². The van der Waals surface area contributed by atoms with Gasteiger partial charge in [0.15, 0.2) is 0 Å². The largest absolute Gasteiger partial charge is 0.391 e. The molecule has 0 saturated carbocycles. The molecule has 2 atom stereocenters. The fourth-order valence-electron chi connectivity index (χ4n) is 7.22. The Morgan fingerprint density at radius 2 is 0.720 bits per heavy atom. The van der Waals surface area contributed by atoms with Crippen molar-refractivity contribution in [2.24, 2.45) is 0 Å². The van der Waals surface area contributed by atoms with E-state index in [2.05, 4.69) is 19.2 Å². The summed E-state index contributed by atoms with van der Waals surface area (Å²) in [6.45, 7) is 4.54. The number of carbonyl (C=O) groups excluding carboxylic acids is 1. The molecular formula is C43H87NO5S. The van der Waals surface area contributed by atoms with Gasteiger partial charge in [-0.05, 0) is 12.8 Å². The number of hydrogen-bond donors (Lipinski definition) is 3. The average molecular weight is 730 g/mol. The highest BCUT2D eigenvalue weighted by Gasteiger charge is 2.26. The molecule has 0 saturated heterocycles. The number of carbonyl (C=O) groups is 1. The van der Waals surface area contributed by atoms with Gasteiger partial charge in [-0.1, -0.05) is 232 Å². The van der Waals surface area contributed by atoms with Crippen LogP contribution in [-0.2, 0) is 14.9 Å². The van der Waals surface area contributed by atoms with Crippen molar-refractivity contribution in [2.45, 2.75) is 264 Å². The van der Waals surface area contributed by atoms with Crippen molar-refractivity contribution in [3.63, 3.8) is 0 Å². The Hall–Kier alpha value is -0.660. The molecule has 0 aliphatic carbocycles. The van der Waals surface area contributed by atoms with Crippen LogP contribution in [0.5, 0.6) is 0 Å². The predicted molar refractivity (Wildman–Crippen MR) is 217 cm³/mol. The van der Waals surface area contributed by atoms with E-state index in [4.69, 9.17) is 0 Å². The second-order valence-electron chi connectivity index (χ2n) is 15.7. The van der Waals surface area contributed by atoms with Crippen LogP contribution in [0.4, 0.5) is 0 Å². The fraction of sp³-hybridized carbons (Fsp3) is 0.977. The van der Waals surface area contributed by atoms with Gasteiger partial charge in [-0.3, -0.25) is 9.35 Å². The van der Waals surface area contributed by atoms with Gasteiger partial charge in [0.05, 0.1) is 17.9 Å². The van der Waals surface area contributed by atoms with E-state index >= 15 is 0 Å². The summed E-state index contributed by atoms with van der Waals surface area (Å²) in [5.41, 5.74) is 0. The summed E-state index contributed by atoms with van der Waals surface area (Å²) in [5.74, 6) is -0.880. The predicted octanol–water partition coefficient (Wildman–Crippen LogP) is 13.2. The topological polar surface area (TPSA) is 104 Å². The summed E-state index contributed by atoms with van der Waals surface area (Å²) in [4.78, 5) is 12.6. The zero-order chi connectivity index (χ0) is 36.8. The van der Waals surface area contributed by atoms with E-state index < -0.39 is 28.0 Å². The molecule has 0 spiro atoms. The van der Waals surface area contributed by atoms with Gasteiger partial charge in [-0.25, -0.2) is 0 Å². The second-order valence-corrected chi connectivity index (χ2v) is 17.2. The first kappa shape index (κ1) is 49.3. The minimum Gasteiger partial charge on any atom is -0.391 e. The Kier molecular flexibility index (Phi) is 37.6. The second kappa shape index (κ2) is 38.1. The first-order chi connectivity index (χ1) is 24.3. The summed E-state index contributed by atoms with van der Waals surface area (Å²) < 4.78 is 32.6. The molecule has 300 valence electrons. The SMILES string of the molecule is CCCCCCCCCCCCCCCCCCCCCC(=O)NC(CS(=O)(=O)O)C(O)CCCCCCCCCCCCCCCCCC. The Morgan fingerprint density at radius 1 is 0.460 bits per heavy atom. The van der Waals surface area contributed by atoms with Gasteiger partial charge < -0.3 is 10.4 Å². The molecule has 7 heteroatoms. The summed E-state index contributed by atoms with van der Waals surface area (Å²) >= 11 is 0. The van der Waals surface area contributed by atoms with Crippen molar-refractivity contribution in [1.82, 2.24) is 5.32 Å². The van der Waals surface area contributed by atoms with E-state index in [1.54, 1.807) is 0 Å². The lowest BCUT2D eigenvalue weighted by atomic mass is 10.0. The minimum absolute atomic E-state index is 0.239. The van der Waals surface area contributed by atoms with Gasteiger partial charge in [0.1, 0.15) is 0 Å². The smallest absolute Gasteiger partial charge is 0.266 e. The highest BCUT2D eigenvalue weighted by molar-refractivity contribution is 7.85. The fourth-order valence-corrected chi connectivity index (χ4v) is 7.98. The Balaban J connectivity index is 3.77. The van der Waals surface area contributed by atoms with Crippen molar-refractivity contribution in [1.29, 1.82) is 0 Å². The molecule has 50 heavy (non-hydrogen) atoms. The van der Waals surface area contributed by atoms with E-state index in [-0.39, 0.29) is 5.91 Å². The van der Waals surface area contributed by atoms with Gasteiger partial charge in [-0.15, -0.1) is 0 Å². The van der Waals surface area contributed by atoms with E-state index in [0.717, 1.165) is 38.5 Å². The first-order valence-electron chi connectivity index (χ1n) is 22.2. The number of aliphatic hydroxyl groups is 1. The van der Waals surface area contributed by atoms with Crippen LogP contribution in [-0.4, -0.2) is 41.9 Å². The number of nitrogens with one attached hydrogen (secondary N) is 1. The van der Waals surface area contributed by atoms with E-state index in [9.17, 15) is 22.9 Å². The molecule has 0 rings (SSSR count). The molecule has 0 bridgehead atoms. The Morgan fingerprint density at radius 3 is 1.00 bits per heavy atom. The number of amides is 1. The standard InChI is InChI=1S/C43H87NO5S/c1-3-5-7-9-11-13-15-17-19-21-22-23-25-27-29-31-33-35-37-39-43(46)44-41(40-50(47,48)49)42(45)38-36-34-32-30-28-26-24-20-18-16-14-12-10-8-6-4-2/h41-42,45H,3-40H2,1-2H3,(H,44,46)(H,47,48,49). The lowest BCUT2D eigenvalue weighted by Crippen LogP contribution is -2.47. The molecule has 0 aliphatic rings. The number of rotatable bonds is 41. The monoisotopic (exact) mass is 730 g/mol. The van der Waals surface area contributed by atoms with Crippen molar-refractivity contribution in [3.05, 3.63) is 0 Å². The average Bonchev–Trinajstić information content (AvgIpc) is 3.08. The van der Waals surface area contributed by atoms with Gasteiger partial charge >= 0.3 is 0 Å². The molecule has 2 unspecified atom stereocenters. The number of aliphatic hydroxyl groups excluding tert-OH is 1. The molecular weight excluding hydrogens is 643 g/mol. The molecule has 6 nitrogen and oxygen atoms in total. The summed E-state index contributed by atoms with van der Waals surface area (Å²) in [6.07, 6.45) is 44.8. The van der Waals surface area contributed by atoms with Gasteiger partial charge in [-0.2, -0.15) is 8.42 Å². The van der Waals surface area contributed by atoms with Crippen LogP contribution in [0.15, 0.2) is 0 Å². The van der Waals surface area contributed by atoms with E-state index in [0.29, 0.717) is 12.8 Å². The third-order valence-corrected chi connectivity index (χ3v) is 11.3. The summed E-state index contributed by atoms with van der Waals surface area (Å²) in [7, 11) is -4.30. The Labute approximate surface area is 312 Å². The molecule has 0 radical (unpaired) electrons.